The zero-order valence-corrected chi connectivity index (χ0v) is 12.2. The molecule has 1 N–H and O–H groups in total. The normalized spacial score (nSPS) is 11.5. The summed E-state index contributed by atoms with van der Waals surface area (Å²) < 4.78 is 30.5. The van der Waals surface area contributed by atoms with Gasteiger partial charge in [-0.1, -0.05) is 35.8 Å². The number of halogens is 1. The highest BCUT2D eigenvalue weighted by atomic mass is 79.9. The van der Waals surface area contributed by atoms with E-state index in [0.717, 1.165) is 0 Å². The number of alkyl halides is 1. The smallest absolute Gasteiger partial charge is 0.242 e. The van der Waals surface area contributed by atoms with E-state index >= 15 is 0 Å². The molecule has 0 amide bonds. The molecule has 0 aliphatic carbocycles. The molecule has 0 aliphatic rings. The maximum atomic E-state index is 11.3. The third-order valence-electron chi connectivity index (χ3n) is 1.83. The maximum Gasteiger partial charge on any atom is 0.242 e. The standard InChI is InChI=1S/C11H16BrNO3S/c1-9(2)7-16-11-5-3-4-10(6-11)13-17(14,15)8-12/h3-6,9,13H,7-8H2,1-2H3. The van der Waals surface area contributed by atoms with Gasteiger partial charge in [-0.2, -0.15) is 0 Å². The first-order chi connectivity index (χ1) is 7.93. The first kappa shape index (κ1) is 14.3. The quantitative estimate of drug-likeness (QED) is 0.820. The highest BCUT2D eigenvalue weighted by Gasteiger charge is 2.08. The van der Waals surface area contributed by atoms with Gasteiger partial charge in [-0.25, -0.2) is 8.42 Å². The van der Waals surface area contributed by atoms with E-state index in [2.05, 4.69) is 34.5 Å². The summed E-state index contributed by atoms with van der Waals surface area (Å²) in [6.45, 7) is 4.71. The fraction of sp³-hybridized carbons (Fsp3) is 0.455. The van der Waals surface area contributed by atoms with Crippen LogP contribution in [0, 0.1) is 5.92 Å². The fourth-order valence-corrected chi connectivity index (χ4v) is 2.00. The van der Waals surface area contributed by atoms with E-state index in [0.29, 0.717) is 24.0 Å². The zero-order valence-electron chi connectivity index (χ0n) is 9.81. The highest BCUT2D eigenvalue weighted by molar-refractivity contribution is 9.10. The second-order valence-corrected chi connectivity index (χ2v) is 7.08. The number of anilines is 1. The Hall–Kier alpha value is -0.750. The average Bonchev–Trinajstić information content (AvgIpc) is 2.26. The molecule has 0 heterocycles. The van der Waals surface area contributed by atoms with Gasteiger partial charge in [0.1, 0.15) is 10.4 Å². The average molecular weight is 322 g/mol. The molecule has 1 aromatic carbocycles. The Labute approximate surface area is 111 Å². The molecular weight excluding hydrogens is 306 g/mol. The molecule has 0 aromatic heterocycles. The van der Waals surface area contributed by atoms with E-state index < -0.39 is 10.0 Å². The molecule has 0 saturated heterocycles. The van der Waals surface area contributed by atoms with Crippen LogP contribution in [0.1, 0.15) is 13.8 Å². The lowest BCUT2D eigenvalue weighted by Crippen LogP contribution is -2.13. The topological polar surface area (TPSA) is 55.4 Å². The second-order valence-electron chi connectivity index (χ2n) is 4.06. The second kappa shape index (κ2) is 6.26. The molecule has 0 unspecified atom stereocenters. The molecule has 4 nitrogen and oxygen atoms in total. The van der Waals surface area contributed by atoms with Crippen LogP contribution in [-0.2, 0) is 10.0 Å². The Morgan fingerprint density at radius 2 is 2.12 bits per heavy atom. The molecule has 6 heteroatoms. The predicted octanol–water partition coefficient (Wildman–Crippen LogP) is 2.82. The van der Waals surface area contributed by atoms with Crippen LogP contribution in [0.4, 0.5) is 5.69 Å². The van der Waals surface area contributed by atoms with Crippen LogP contribution in [0.15, 0.2) is 24.3 Å². The molecule has 0 atom stereocenters. The SMILES string of the molecule is CC(C)COc1cccc(NS(=O)(=O)CBr)c1. The molecule has 0 saturated carbocycles. The van der Waals surface area contributed by atoms with E-state index in [1.807, 2.05) is 0 Å². The number of rotatable bonds is 6. The van der Waals surface area contributed by atoms with Gasteiger partial charge in [-0.15, -0.1) is 0 Å². The molecular formula is C11H16BrNO3S. The van der Waals surface area contributed by atoms with Gasteiger partial charge < -0.3 is 4.74 Å². The minimum Gasteiger partial charge on any atom is -0.493 e. The number of hydrogen-bond donors (Lipinski definition) is 1. The number of hydrogen-bond acceptors (Lipinski definition) is 3. The first-order valence-corrected chi connectivity index (χ1v) is 7.99. The van der Waals surface area contributed by atoms with Gasteiger partial charge >= 0.3 is 0 Å². The lowest BCUT2D eigenvalue weighted by Gasteiger charge is -2.10. The minimum absolute atomic E-state index is 0.128. The van der Waals surface area contributed by atoms with Crippen molar-refractivity contribution in [3.8, 4) is 5.75 Å². The Morgan fingerprint density at radius 3 is 2.71 bits per heavy atom. The molecule has 1 rings (SSSR count). The molecule has 0 aliphatic heterocycles. The van der Waals surface area contributed by atoms with Crippen LogP contribution in [0.25, 0.3) is 0 Å². The van der Waals surface area contributed by atoms with Gasteiger partial charge in [0.2, 0.25) is 10.0 Å². The summed E-state index contributed by atoms with van der Waals surface area (Å²) in [4.78, 5) is 0. The van der Waals surface area contributed by atoms with E-state index in [-0.39, 0.29) is 4.66 Å². The number of sulfonamides is 1. The van der Waals surface area contributed by atoms with Gasteiger partial charge in [0.25, 0.3) is 0 Å². The third-order valence-corrected chi connectivity index (χ3v) is 4.48. The largest absolute Gasteiger partial charge is 0.493 e. The highest BCUT2D eigenvalue weighted by Crippen LogP contribution is 2.19. The van der Waals surface area contributed by atoms with Gasteiger partial charge in [0.15, 0.2) is 0 Å². The number of ether oxygens (including phenoxy) is 1. The Kier molecular flexibility index (Phi) is 5.27. The Balaban J connectivity index is 2.72. The Bertz CT molecular complexity index is 460. The van der Waals surface area contributed by atoms with Crippen LogP contribution in [0.5, 0.6) is 5.75 Å². The van der Waals surface area contributed by atoms with Gasteiger partial charge in [0.05, 0.1) is 12.3 Å². The van der Waals surface area contributed by atoms with Crippen LogP contribution in [0.3, 0.4) is 0 Å². The summed E-state index contributed by atoms with van der Waals surface area (Å²) in [6.07, 6.45) is 0. The van der Waals surface area contributed by atoms with E-state index in [4.69, 9.17) is 4.74 Å². The van der Waals surface area contributed by atoms with Crippen molar-refractivity contribution in [2.24, 2.45) is 5.92 Å². The molecule has 0 spiro atoms. The summed E-state index contributed by atoms with van der Waals surface area (Å²) in [6, 6.07) is 6.90. The number of benzene rings is 1. The van der Waals surface area contributed by atoms with Crippen molar-refractivity contribution >= 4 is 31.6 Å². The molecule has 1 aromatic rings. The summed E-state index contributed by atoms with van der Waals surface area (Å²) in [5, 5.41) is 0. The summed E-state index contributed by atoms with van der Waals surface area (Å²) in [5.41, 5.74) is 0.505. The van der Waals surface area contributed by atoms with Crippen LogP contribution < -0.4 is 9.46 Å². The first-order valence-electron chi connectivity index (χ1n) is 5.22. The van der Waals surface area contributed by atoms with Crippen LogP contribution in [0.2, 0.25) is 0 Å². The summed E-state index contributed by atoms with van der Waals surface area (Å²) >= 11 is 2.91. The van der Waals surface area contributed by atoms with Gasteiger partial charge in [-0.3, -0.25) is 4.72 Å². The minimum atomic E-state index is -3.31. The maximum absolute atomic E-state index is 11.3. The Morgan fingerprint density at radius 1 is 1.41 bits per heavy atom. The van der Waals surface area contributed by atoms with Gasteiger partial charge in [0, 0.05) is 6.07 Å². The fourth-order valence-electron chi connectivity index (χ4n) is 1.12. The van der Waals surface area contributed by atoms with Crippen molar-refractivity contribution in [3.63, 3.8) is 0 Å². The molecule has 17 heavy (non-hydrogen) atoms. The van der Waals surface area contributed by atoms with E-state index in [1.54, 1.807) is 24.3 Å². The third kappa shape index (κ3) is 5.41. The van der Waals surface area contributed by atoms with Crippen molar-refractivity contribution in [3.05, 3.63) is 24.3 Å². The molecule has 0 radical (unpaired) electrons. The molecule has 0 fully saturated rings. The van der Waals surface area contributed by atoms with Crippen LogP contribution >= 0.6 is 15.9 Å². The summed E-state index contributed by atoms with van der Waals surface area (Å²) in [5.74, 6) is 1.09. The lowest BCUT2D eigenvalue weighted by atomic mass is 10.2. The number of nitrogens with one attached hydrogen (secondary N) is 1. The molecule has 0 bridgehead atoms. The zero-order chi connectivity index (χ0) is 12.9. The van der Waals surface area contributed by atoms with E-state index in [1.165, 1.54) is 0 Å². The predicted molar refractivity (Wildman–Crippen MR) is 73.1 cm³/mol. The van der Waals surface area contributed by atoms with Crippen molar-refractivity contribution in [2.45, 2.75) is 13.8 Å². The van der Waals surface area contributed by atoms with Gasteiger partial charge in [-0.05, 0) is 18.1 Å². The monoisotopic (exact) mass is 321 g/mol. The van der Waals surface area contributed by atoms with E-state index in [9.17, 15) is 8.42 Å². The summed E-state index contributed by atoms with van der Waals surface area (Å²) in [7, 11) is -3.31. The van der Waals surface area contributed by atoms with Crippen molar-refractivity contribution in [1.29, 1.82) is 0 Å². The van der Waals surface area contributed by atoms with Crippen molar-refractivity contribution in [1.82, 2.24) is 0 Å². The van der Waals surface area contributed by atoms with Crippen molar-refractivity contribution in [2.75, 3.05) is 16.0 Å². The lowest BCUT2D eigenvalue weighted by molar-refractivity contribution is 0.271. The van der Waals surface area contributed by atoms with Crippen molar-refractivity contribution < 1.29 is 13.2 Å². The molecule has 96 valence electrons. The van der Waals surface area contributed by atoms with Crippen LogP contribution in [-0.4, -0.2) is 19.7 Å².